The minimum atomic E-state index is -0.0311. The zero-order valence-electron chi connectivity index (χ0n) is 11.3. The maximum absolute atomic E-state index is 6.09. The maximum Gasteiger partial charge on any atom is 0.0795 e. The van der Waals surface area contributed by atoms with Gasteiger partial charge in [-0.3, -0.25) is 4.90 Å². The summed E-state index contributed by atoms with van der Waals surface area (Å²) in [5, 5.41) is 2.10. The van der Waals surface area contributed by atoms with Crippen LogP contribution in [-0.4, -0.2) is 42.2 Å². The van der Waals surface area contributed by atoms with E-state index in [-0.39, 0.29) is 11.6 Å². The van der Waals surface area contributed by atoms with Crippen molar-refractivity contribution < 1.29 is 4.74 Å². The van der Waals surface area contributed by atoms with E-state index in [1.165, 1.54) is 12.8 Å². The summed E-state index contributed by atoms with van der Waals surface area (Å²) in [7, 11) is 3.95. The molecular weight excluding hydrogens is 246 g/mol. The number of aromatic nitrogens is 1. The van der Waals surface area contributed by atoms with Crippen molar-refractivity contribution in [3.63, 3.8) is 0 Å². The first-order valence-electron chi connectivity index (χ1n) is 6.54. The number of nitrogens with zero attached hydrogens (tertiary/aromatic N) is 2. The normalized spacial score (nSPS) is 28.8. The molecule has 4 nitrogen and oxygen atoms in total. The van der Waals surface area contributed by atoms with Crippen LogP contribution in [0.1, 0.15) is 31.4 Å². The molecule has 1 fully saturated rings. The largest absolute Gasteiger partial charge is 0.379 e. The second kappa shape index (κ2) is 6.10. The molecule has 1 aliphatic carbocycles. The maximum atomic E-state index is 6.09. The molecule has 2 N–H and O–H groups in total. The molecule has 2 atom stereocenters. The van der Waals surface area contributed by atoms with E-state index < -0.39 is 0 Å². The van der Waals surface area contributed by atoms with E-state index in [9.17, 15) is 0 Å². The van der Waals surface area contributed by atoms with Crippen LogP contribution >= 0.6 is 11.3 Å². The van der Waals surface area contributed by atoms with Crippen molar-refractivity contribution in [3.05, 3.63) is 16.6 Å². The van der Waals surface area contributed by atoms with Gasteiger partial charge in [0.25, 0.3) is 0 Å². The zero-order valence-corrected chi connectivity index (χ0v) is 12.1. The second-order valence-corrected chi connectivity index (χ2v) is 5.83. The Morgan fingerprint density at radius 1 is 1.61 bits per heavy atom. The zero-order chi connectivity index (χ0) is 13.0. The molecule has 102 valence electrons. The highest BCUT2D eigenvalue weighted by Crippen LogP contribution is 2.35. The molecule has 0 saturated heterocycles. The van der Waals surface area contributed by atoms with Crippen molar-refractivity contribution in [2.45, 2.75) is 43.9 Å². The monoisotopic (exact) mass is 269 g/mol. The fraction of sp³-hybridized carbons (Fsp3) is 0.769. The molecule has 5 heteroatoms. The SMILES string of the molecule is COC1CCCCC1(CN)N(C)Cc1cscn1. The van der Waals surface area contributed by atoms with Gasteiger partial charge in [-0.2, -0.15) is 0 Å². The average molecular weight is 269 g/mol. The second-order valence-electron chi connectivity index (χ2n) is 5.11. The molecule has 0 spiro atoms. The van der Waals surface area contributed by atoms with E-state index in [0.717, 1.165) is 25.1 Å². The van der Waals surface area contributed by atoms with E-state index in [1.54, 1.807) is 18.4 Å². The molecule has 0 aromatic carbocycles. The van der Waals surface area contributed by atoms with Crippen LogP contribution in [0.4, 0.5) is 0 Å². The number of likely N-dealkylation sites (N-methyl/N-ethyl adjacent to an activating group) is 1. The van der Waals surface area contributed by atoms with E-state index >= 15 is 0 Å². The number of hydrogen-bond acceptors (Lipinski definition) is 5. The van der Waals surface area contributed by atoms with Gasteiger partial charge in [0.05, 0.1) is 22.8 Å². The third-order valence-electron chi connectivity index (χ3n) is 4.21. The molecule has 1 aliphatic rings. The van der Waals surface area contributed by atoms with Gasteiger partial charge in [0.2, 0.25) is 0 Å². The lowest BCUT2D eigenvalue weighted by Gasteiger charge is -2.48. The summed E-state index contributed by atoms with van der Waals surface area (Å²) in [6, 6.07) is 0. The van der Waals surface area contributed by atoms with Gasteiger partial charge in [-0.25, -0.2) is 4.98 Å². The highest BCUT2D eigenvalue weighted by atomic mass is 32.1. The minimum Gasteiger partial charge on any atom is -0.379 e. The Balaban J connectivity index is 2.13. The Morgan fingerprint density at radius 3 is 3.06 bits per heavy atom. The van der Waals surface area contributed by atoms with Crippen LogP contribution in [-0.2, 0) is 11.3 Å². The molecule has 2 unspecified atom stereocenters. The molecule has 1 aromatic rings. The molecule has 18 heavy (non-hydrogen) atoms. The Morgan fingerprint density at radius 2 is 2.44 bits per heavy atom. The summed E-state index contributed by atoms with van der Waals surface area (Å²) in [6.07, 6.45) is 4.93. The number of thiazole rings is 1. The molecule has 1 heterocycles. The molecule has 0 radical (unpaired) electrons. The van der Waals surface area contributed by atoms with Crippen molar-refractivity contribution in [2.24, 2.45) is 5.73 Å². The lowest BCUT2D eigenvalue weighted by Crippen LogP contribution is -2.61. The van der Waals surface area contributed by atoms with Crippen molar-refractivity contribution >= 4 is 11.3 Å². The number of hydrogen-bond donors (Lipinski definition) is 1. The first-order valence-corrected chi connectivity index (χ1v) is 7.48. The smallest absolute Gasteiger partial charge is 0.0795 e. The lowest BCUT2D eigenvalue weighted by molar-refractivity contribution is -0.0691. The van der Waals surface area contributed by atoms with Gasteiger partial charge in [-0.15, -0.1) is 11.3 Å². The van der Waals surface area contributed by atoms with E-state index in [4.69, 9.17) is 10.5 Å². The van der Waals surface area contributed by atoms with Gasteiger partial charge >= 0.3 is 0 Å². The number of methoxy groups -OCH3 is 1. The van der Waals surface area contributed by atoms with Gasteiger partial charge in [-0.05, 0) is 19.9 Å². The Kier molecular flexibility index (Phi) is 4.72. The van der Waals surface area contributed by atoms with E-state index in [0.29, 0.717) is 6.54 Å². The lowest BCUT2D eigenvalue weighted by atomic mass is 9.77. The molecule has 2 rings (SSSR count). The van der Waals surface area contributed by atoms with Crippen molar-refractivity contribution in [3.8, 4) is 0 Å². The third kappa shape index (κ3) is 2.59. The first kappa shape index (κ1) is 13.9. The molecule has 0 aliphatic heterocycles. The van der Waals surface area contributed by atoms with Crippen molar-refractivity contribution in [1.29, 1.82) is 0 Å². The average Bonchev–Trinajstić information content (AvgIpc) is 2.91. The summed E-state index contributed by atoms with van der Waals surface area (Å²) in [5.41, 5.74) is 9.07. The summed E-state index contributed by atoms with van der Waals surface area (Å²) in [4.78, 5) is 6.71. The predicted octanol–water partition coefficient (Wildman–Crippen LogP) is 1.86. The van der Waals surface area contributed by atoms with Crippen molar-refractivity contribution in [2.75, 3.05) is 20.7 Å². The third-order valence-corrected chi connectivity index (χ3v) is 4.84. The van der Waals surface area contributed by atoms with Crippen LogP contribution in [0, 0.1) is 0 Å². The Bertz CT molecular complexity index is 357. The van der Waals surface area contributed by atoms with Crippen LogP contribution in [0.2, 0.25) is 0 Å². The Labute approximate surface area is 113 Å². The molecular formula is C13H23N3OS. The van der Waals surface area contributed by atoms with E-state index in [1.807, 2.05) is 5.51 Å². The summed E-state index contributed by atoms with van der Waals surface area (Å²) in [6.45, 7) is 1.49. The molecule has 0 bridgehead atoms. The van der Waals surface area contributed by atoms with Gasteiger partial charge in [0.15, 0.2) is 0 Å². The van der Waals surface area contributed by atoms with Crippen molar-refractivity contribution in [1.82, 2.24) is 9.88 Å². The summed E-state index contributed by atoms with van der Waals surface area (Å²) < 4.78 is 5.70. The standard InChI is InChI=1S/C13H23N3OS/c1-16(7-11-8-18-10-15-11)13(9-14)6-4-3-5-12(13)17-2/h8,10,12H,3-7,9,14H2,1-2H3. The van der Waals surface area contributed by atoms with E-state index in [2.05, 4.69) is 22.3 Å². The van der Waals surface area contributed by atoms with Crippen LogP contribution in [0.5, 0.6) is 0 Å². The molecule has 0 amide bonds. The van der Waals surface area contributed by atoms with Gasteiger partial charge in [0, 0.05) is 25.6 Å². The topological polar surface area (TPSA) is 51.4 Å². The number of rotatable bonds is 5. The quantitative estimate of drug-likeness (QED) is 0.886. The van der Waals surface area contributed by atoms with Crippen LogP contribution in [0.25, 0.3) is 0 Å². The van der Waals surface area contributed by atoms with Gasteiger partial charge in [-0.1, -0.05) is 12.8 Å². The highest BCUT2D eigenvalue weighted by molar-refractivity contribution is 7.07. The Hall–Kier alpha value is -0.490. The summed E-state index contributed by atoms with van der Waals surface area (Å²) in [5.74, 6) is 0. The highest BCUT2D eigenvalue weighted by Gasteiger charge is 2.43. The van der Waals surface area contributed by atoms with Crippen LogP contribution in [0.15, 0.2) is 10.9 Å². The minimum absolute atomic E-state index is 0.0311. The van der Waals surface area contributed by atoms with Gasteiger partial charge in [0.1, 0.15) is 0 Å². The van der Waals surface area contributed by atoms with Crippen LogP contribution in [0.3, 0.4) is 0 Å². The van der Waals surface area contributed by atoms with Crippen LogP contribution < -0.4 is 5.73 Å². The fourth-order valence-electron chi connectivity index (χ4n) is 3.07. The molecule has 1 saturated carbocycles. The summed E-state index contributed by atoms with van der Waals surface area (Å²) >= 11 is 1.64. The van der Waals surface area contributed by atoms with Gasteiger partial charge < -0.3 is 10.5 Å². The first-order chi connectivity index (χ1) is 8.73. The number of nitrogens with two attached hydrogens (primary N) is 1. The molecule has 1 aromatic heterocycles. The fourth-order valence-corrected chi connectivity index (χ4v) is 3.62. The number of ether oxygens (including phenoxy) is 1. The predicted molar refractivity (Wildman–Crippen MR) is 74.6 cm³/mol.